The Morgan fingerprint density at radius 2 is 2.30 bits per heavy atom. The summed E-state index contributed by atoms with van der Waals surface area (Å²) in [6.45, 7) is 3.08. The van der Waals surface area contributed by atoms with Gasteiger partial charge in [0, 0.05) is 18.7 Å². The third-order valence-corrected chi connectivity index (χ3v) is 3.32. The summed E-state index contributed by atoms with van der Waals surface area (Å²) in [4.78, 5) is 12.8. The smallest absolute Gasteiger partial charge is 0.328 e. The Kier molecular flexibility index (Phi) is 4.41. The standard InChI is InChI=1S/C16H18N2O2/c1-2-9-18(14-5-6-14)15-7-3-12(4-8-16(19)20)10-13(15)11-17/h3-4,7-8,10,14H,2,5-6,9H2,1H3,(H,19,20)/b8-4+. The van der Waals surface area contributed by atoms with E-state index in [-0.39, 0.29) is 0 Å². The van der Waals surface area contributed by atoms with E-state index < -0.39 is 5.97 Å². The second-order valence-electron chi connectivity index (χ2n) is 4.98. The van der Waals surface area contributed by atoms with Gasteiger partial charge in [-0.2, -0.15) is 5.26 Å². The van der Waals surface area contributed by atoms with E-state index in [1.54, 1.807) is 6.07 Å². The third kappa shape index (κ3) is 3.39. The van der Waals surface area contributed by atoms with Gasteiger partial charge in [0.15, 0.2) is 0 Å². The van der Waals surface area contributed by atoms with Crippen LogP contribution in [0.15, 0.2) is 24.3 Å². The highest BCUT2D eigenvalue weighted by Gasteiger charge is 2.29. The summed E-state index contributed by atoms with van der Waals surface area (Å²) >= 11 is 0. The summed E-state index contributed by atoms with van der Waals surface area (Å²) < 4.78 is 0. The summed E-state index contributed by atoms with van der Waals surface area (Å²) in [6, 6.07) is 8.32. The molecule has 2 rings (SSSR count). The quantitative estimate of drug-likeness (QED) is 0.807. The van der Waals surface area contributed by atoms with Gasteiger partial charge in [-0.3, -0.25) is 0 Å². The summed E-state index contributed by atoms with van der Waals surface area (Å²) in [5.74, 6) is -0.988. The van der Waals surface area contributed by atoms with Crippen LogP contribution in [0.2, 0.25) is 0 Å². The summed E-state index contributed by atoms with van der Waals surface area (Å²) in [6.07, 6.45) is 6.01. The van der Waals surface area contributed by atoms with Crippen molar-refractivity contribution in [3.63, 3.8) is 0 Å². The molecule has 1 aliphatic carbocycles. The molecule has 0 bridgehead atoms. The minimum Gasteiger partial charge on any atom is -0.478 e. The molecule has 0 unspecified atom stereocenters. The van der Waals surface area contributed by atoms with E-state index in [2.05, 4.69) is 17.9 Å². The van der Waals surface area contributed by atoms with E-state index in [1.165, 1.54) is 18.9 Å². The molecular formula is C16H18N2O2. The molecule has 0 heterocycles. The molecule has 1 aromatic rings. The fraction of sp³-hybridized carbons (Fsp3) is 0.375. The van der Waals surface area contributed by atoms with Crippen LogP contribution in [0.3, 0.4) is 0 Å². The fourth-order valence-corrected chi connectivity index (χ4v) is 2.29. The minimum absolute atomic E-state index is 0.558. The molecule has 4 nitrogen and oxygen atoms in total. The van der Waals surface area contributed by atoms with Crippen LogP contribution in [0.1, 0.15) is 37.3 Å². The summed E-state index contributed by atoms with van der Waals surface area (Å²) in [5, 5.41) is 18.0. The fourth-order valence-electron chi connectivity index (χ4n) is 2.29. The predicted molar refractivity (Wildman–Crippen MR) is 78.5 cm³/mol. The molecule has 1 aromatic carbocycles. The number of carboxylic acids is 1. The number of hydrogen-bond acceptors (Lipinski definition) is 3. The van der Waals surface area contributed by atoms with Crippen molar-refractivity contribution in [3.8, 4) is 6.07 Å². The number of anilines is 1. The third-order valence-electron chi connectivity index (χ3n) is 3.32. The van der Waals surface area contributed by atoms with Crippen LogP contribution in [-0.4, -0.2) is 23.7 Å². The maximum atomic E-state index is 10.5. The first-order valence-corrected chi connectivity index (χ1v) is 6.87. The van der Waals surface area contributed by atoms with Crippen LogP contribution in [0.5, 0.6) is 0 Å². The first-order valence-electron chi connectivity index (χ1n) is 6.87. The molecule has 0 amide bonds. The first-order chi connectivity index (χ1) is 9.65. The number of rotatable bonds is 6. The van der Waals surface area contributed by atoms with Crippen LogP contribution in [0, 0.1) is 11.3 Å². The lowest BCUT2D eigenvalue weighted by atomic mass is 10.1. The number of aliphatic carboxylic acids is 1. The number of carbonyl (C=O) groups is 1. The number of nitriles is 1. The Bertz CT molecular complexity index is 568. The summed E-state index contributed by atoms with van der Waals surface area (Å²) in [7, 11) is 0. The molecule has 1 N–H and O–H groups in total. The zero-order valence-electron chi connectivity index (χ0n) is 11.5. The van der Waals surface area contributed by atoms with E-state index >= 15 is 0 Å². The number of carboxylic acid groups (broad SMARTS) is 1. The van der Waals surface area contributed by atoms with Crippen molar-refractivity contribution in [3.05, 3.63) is 35.4 Å². The maximum Gasteiger partial charge on any atom is 0.328 e. The van der Waals surface area contributed by atoms with Crippen molar-refractivity contribution < 1.29 is 9.90 Å². The predicted octanol–water partition coefficient (Wildman–Crippen LogP) is 3.03. The molecule has 1 saturated carbocycles. The molecule has 20 heavy (non-hydrogen) atoms. The summed E-state index contributed by atoms with van der Waals surface area (Å²) in [5.41, 5.74) is 2.31. The van der Waals surface area contributed by atoms with E-state index in [0.717, 1.165) is 30.3 Å². The normalized spacial score (nSPS) is 14.2. The van der Waals surface area contributed by atoms with Crippen molar-refractivity contribution in [2.45, 2.75) is 32.2 Å². The maximum absolute atomic E-state index is 10.5. The Hall–Kier alpha value is -2.28. The van der Waals surface area contributed by atoms with Crippen LogP contribution < -0.4 is 4.90 Å². The van der Waals surface area contributed by atoms with Crippen molar-refractivity contribution in [1.29, 1.82) is 5.26 Å². The highest BCUT2D eigenvalue weighted by Crippen LogP contribution is 2.34. The molecular weight excluding hydrogens is 252 g/mol. The van der Waals surface area contributed by atoms with Crippen molar-refractivity contribution >= 4 is 17.7 Å². The van der Waals surface area contributed by atoms with Gasteiger partial charge in [0.2, 0.25) is 0 Å². The minimum atomic E-state index is -0.988. The van der Waals surface area contributed by atoms with Crippen molar-refractivity contribution in [2.75, 3.05) is 11.4 Å². The lowest BCUT2D eigenvalue weighted by Gasteiger charge is -2.25. The van der Waals surface area contributed by atoms with Crippen LogP contribution >= 0.6 is 0 Å². The van der Waals surface area contributed by atoms with E-state index in [1.807, 2.05) is 12.1 Å². The van der Waals surface area contributed by atoms with Gasteiger partial charge in [0.05, 0.1) is 11.3 Å². The molecule has 1 fully saturated rings. The van der Waals surface area contributed by atoms with Crippen LogP contribution in [0.25, 0.3) is 6.08 Å². The molecule has 0 atom stereocenters. The monoisotopic (exact) mass is 270 g/mol. The Morgan fingerprint density at radius 1 is 1.55 bits per heavy atom. The lowest BCUT2D eigenvalue weighted by molar-refractivity contribution is -0.131. The van der Waals surface area contributed by atoms with E-state index in [9.17, 15) is 10.1 Å². The van der Waals surface area contributed by atoms with Crippen molar-refractivity contribution in [2.24, 2.45) is 0 Å². The molecule has 0 aliphatic heterocycles. The Morgan fingerprint density at radius 3 is 2.85 bits per heavy atom. The first kappa shape index (κ1) is 14.1. The molecule has 4 heteroatoms. The van der Waals surface area contributed by atoms with Gasteiger partial charge in [0.1, 0.15) is 6.07 Å². The molecule has 0 saturated heterocycles. The van der Waals surface area contributed by atoms with Gasteiger partial charge in [-0.05, 0) is 43.0 Å². The highest BCUT2D eigenvalue weighted by atomic mass is 16.4. The van der Waals surface area contributed by atoms with E-state index in [4.69, 9.17) is 5.11 Å². The number of hydrogen-bond donors (Lipinski definition) is 1. The van der Waals surface area contributed by atoms with Gasteiger partial charge < -0.3 is 10.0 Å². The lowest BCUT2D eigenvalue weighted by Crippen LogP contribution is -2.27. The van der Waals surface area contributed by atoms with Crippen LogP contribution in [-0.2, 0) is 4.79 Å². The van der Waals surface area contributed by atoms with Gasteiger partial charge in [-0.15, -0.1) is 0 Å². The van der Waals surface area contributed by atoms with Crippen LogP contribution in [0.4, 0.5) is 5.69 Å². The average molecular weight is 270 g/mol. The molecule has 0 aromatic heterocycles. The second kappa shape index (κ2) is 6.25. The molecule has 104 valence electrons. The molecule has 1 aliphatic rings. The van der Waals surface area contributed by atoms with Gasteiger partial charge >= 0.3 is 5.97 Å². The van der Waals surface area contributed by atoms with Gasteiger partial charge in [-0.25, -0.2) is 4.79 Å². The molecule has 0 radical (unpaired) electrons. The largest absolute Gasteiger partial charge is 0.478 e. The number of nitrogens with zero attached hydrogens (tertiary/aromatic N) is 2. The number of benzene rings is 1. The van der Waals surface area contributed by atoms with E-state index in [0.29, 0.717) is 11.6 Å². The van der Waals surface area contributed by atoms with Gasteiger partial charge in [0.25, 0.3) is 0 Å². The molecule has 0 spiro atoms. The SMILES string of the molecule is CCCN(c1ccc(/C=C/C(=O)O)cc1C#N)C1CC1. The zero-order valence-corrected chi connectivity index (χ0v) is 11.5. The second-order valence-corrected chi connectivity index (χ2v) is 4.98. The zero-order chi connectivity index (χ0) is 14.5. The topological polar surface area (TPSA) is 64.3 Å². The average Bonchev–Trinajstić information content (AvgIpc) is 3.27. The Balaban J connectivity index is 2.29. The van der Waals surface area contributed by atoms with Gasteiger partial charge in [-0.1, -0.05) is 13.0 Å². The Labute approximate surface area is 118 Å². The van der Waals surface area contributed by atoms with Crippen molar-refractivity contribution in [1.82, 2.24) is 0 Å². The highest BCUT2D eigenvalue weighted by molar-refractivity contribution is 5.85.